The Kier molecular flexibility index (Phi) is 6.69. The molecule has 2 aromatic carbocycles. The van der Waals surface area contributed by atoms with Crippen LogP contribution in [0.15, 0.2) is 45.7 Å². The number of nitrogens with two attached hydrogens (primary N) is 1. The quantitative estimate of drug-likeness (QED) is 0.375. The molecule has 3 N–H and O–H groups in total. The first-order chi connectivity index (χ1) is 16.0. The summed E-state index contributed by atoms with van der Waals surface area (Å²) in [6.07, 6.45) is -6.12. The average molecular weight is 520 g/mol. The van der Waals surface area contributed by atoms with Crippen molar-refractivity contribution in [2.75, 3.05) is 22.5 Å². The second-order valence-corrected chi connectivity index (χ2v) is 10.1. The van der Waals surface area contributed by atoms with Gasteiger partial charge in [-0.25, -0.2) is 26.0 Å². The summed E-state index contributed by atoms with van der Waals surface area (Å²) in [6.45, 7) is 0.363. The lowest BCUT2D eigenvalue weighted by molar-refractivity contribution is 0.0637. The highest BCUT2D eigenvalue weighted by molar-refractivity contribution is 7.91. The van der Waals surface area contributed by atoms with Crippen LogP contribution in [0.5, 0.6) is 0 Å². The molecule has 34 heavy (non-hydrogen) atoms. The molecule has 0 saturated carbocycles. The number of benzene rings is 2. The maximum Gasteiger partial charge on any atom is 0.318 e. The Morgan fingerprint density at radius 2 is 1.91 bits per heavy atom. The molecule has 2 heterocycles. The van der Waals surface area contributed by atoms with Gasteiger partial charge in [0.25, 0.3) is 12.3 Å². The summed E-state index contributed by atoms with van der Waals surface area (Å²) in [4.78, 5) is 1.40. The van der Waals surface area contributed by atoms with Crippen molar-refractivity contribution in [3.63, 3.8) is 0 Å². The molecule has 1 aromatic heterocycles. The van der Waals surface area contributed by atoms with Crippen molar-refractivity contribution in [2.45, 2.75) is 30.2 Å². The van der Waals surface area contributed by atoms with Gasteiger partial charge in [-0.05, 0) is 29.8 Å². The van der Waals surface area contributed by atoms with Gasteiger partial charge in [-0.3, -0.25) is 0 Å². The molecule has 0 aliphatic carbocycles. The molecule has 1 aliphatic heterocycles. The van der Waals surface area contributed by atoms with Crippen molar-refractivity contribution in [1.82, 2.24) is 10.2 Å². The summed E-state index contributed by atoms with van der Waals surface area (Å²) in [5, 5.41) is 9.15. The molecule has 0 fully saturated rings. The van der Waals surface area contributed by atoms with Crippen LogP contribution in [-0.4, -0.2) is 49.7 Å². The average Bonchev–Trinajstić information content (AvgIpc) is 3.19. The van der Waals surface area contributed by atoms with Crippen LogP contribution in [0.4, 0.5) is 29.3 Å². The number of hydrogen-bond donors (Lipinski definition) is 2. The van der Waals surface area contributed by atoms with Crippen LogP contribution in [-0.2, 0) is 16.4 Å². The number of sulfone groups is 1. The number of nitrogens with one attached hydrogen (secondary N) is 1. The van der Waals surface area contributed by atoms with E-state index < -0.39 is 52.1 Å². The number of fused-ring (bicyclic) bond motifs is 1. The van der Waals surface area contributed by atoms with E-state index in [1.54, 1.807) is 34.5 Å². The third-order valence-corrected chi connectivity index (χ3v) is 7.15. The van der Waals surface area contributed by atoms with Gasteiger partial charge in [-0.1, -0.05) is 28.8 Å². The van der Waals surface area contributed by atoms with E-state index in [1.807, 2.05) is 0 Å². The van der Waals surface area contributed by atoms with E-state index in [2.05, 4.69) is 10.2 Å². The molecule has 0 saturated heterocycles. The lowest BCUT2D eigenvalue weighted by Gasteiger charge is -2.26. The van der Waals surface area contributed by atoms with Crippen LogP contribution in [0.25, 0.3) is 11.5 Å². The van der Waals surface area contributed by atoms with E-state index in [0.29, 0.717) is 5.02 Å². The predicted molar refractivity (Wildman–Crippen MR) is 117 cm³/mol. The van der Waals surface area contributed by atoms with Gasteiger partial charge in [-0.2, -0.15) is 0 Å². The molecule has 182 valence electrons. The van der Waals surface area contributed by atoms with Gasteiger partial charge in [-0.15, -0.1) is 5.10 Å². The van der Waals surface area contributed by atoms with E-state index in [0.717, 1.165) is 11.6 Å². The SMILES string of the molecule is N[C@@H]1CN(Cc2ccc(Cl)cc2)c2cc(-c3nnc(NC(F)C(F)F)o3)c(F)cc2S(=O)(=O)C1. The van der Waals surface area contributed by atoms with E-state index in [4.69, 9.17) is 21.8 Å². The maximum atomic E-state index is 15.0. The molecule has 0 amide bonds. The first kappa shape index (κ1) is 24.2. The lowest BCUT2D eigenvalue weighted by Crippen LogP contribution is -2.39. The highest BCUT2D eigenvalue weighted by atomic mass is 35.5. The highest BCUT2D eigenvalue weighted by Gasteiger charge is 2.32. The molecule has 0 spiro atoms. The fraction of sp³-hybridized carbons (Fsp3) is 0.300. The van der Waals surface area contributed by atoms with E-state index in [1.165, 1.54) is 6.07 Å². The largest absolute Gasteiger partial charge is 0.403 e. The smallest absolute Gasteiger partial charge is 0.318 e. The molecule has 8 nitrogen and oxygen atoms in total. The number of anilines is 2. The van der Waals surface area contributed by atoms with Crippen LogP contribution in [0.1, 0.15) is 5.56 Å². The summed E-state index contributed by atoms with van der Waals surface area (Å²) in [6, 6.07) is 7.43. The Hall–Kier alpha value is -2.90. The first-order valence-electron chi connectivity index (χ1n) is 9.87. The molecule has 1 aliphatic rings. The van der Waals surface area contributed by atoms with E-state index in [-0.39, 0.29) is 29.2 Å². The summed E-state index contributed by atoms with van der Waals surface area (Å²) < 4.78 is 83.8. The number of rotatable bonds is 6. The van der Waals surface area contributed by atoms with Gasteiger partial charge in [0.2, 0.25) is 6.30 Å². The minimum atomic E-state index is -3.94. The van der Waals surface area contributed by atoms with Gasteiger partial charge in [0.1, 0.15) is 5.82 Å². The normalized spacial score (nSPS) is 18.4. The molecule has 0 radical (unpaired) electrons. The summed E-state index contributed by atoms with van der Waals surface area (Å²) in [7, 11) is -3.94. The monoisotopic (exact) mass is 519 g/mol. The molecule has 14 heteroatoms. The number of hydrogen-bond acceptors (Lipinski definition) is 8. The highest BCUT2D eigenvalue weighted by Crippen LogP contribution is 2.37. The zero-order chi connectivity index (χ0) is 24.6. The molecule has 0 bridgehead atoms. The molecule has 2 atom stereocenters. The van der Waals surface area contributed by atoms with Crippen molar-refractivity contribution in [2.24, 2.45) is 5.73 Å². The molecule has 4 rings (SSSR count). The van der Waals surface area contributed by atoms with Crippen molar-refractivity contribution in [1.29, 1.82) is 0 Å². The topological polar surface area (TPSA) is 114 Å². The van der Waals surface area contributed by atoms with Crippen molar-refractivity contribution in [3.8, 4) is 11.5 Å². The van der Waals surface area contributed by atoms with Gasteiger partial charge >= 0.3 is 6.01 Å². The minimum Gasteiger partial charge on any atom is -0.403 e. The summed E-state index contributed by atoms with van der Waals surface area (Å²) >= 11 is 5.93. The second-order valence-electron chi connectivity index (χ2n) is 7.64. The van der Waals surface area contributed by atoms with E-state index in [9.17, 15) is 26.0 Å². The number of alkyl halides is 3. The van der Waals surface area contributed by atoms with Crippen LogP contribution >= 0.6 is 11.6 Å². The third-order valence-electron chi connectivity index (χ3n) is 5.04. The van der Waals surface area contributed by atoms with Gasteiger partial charge in [0, 0.05) is 24.2 Å². The fourth-order valence-electron chi connectivity index (χ4n) is 3.54. The molecular formula is C20H18ClF4N5O3S. The van der Waals surface area contributed by atoms with Crippen molar-refractivity contribution in [3.05, 3.63) is 52.8 Å². The number of nitrogens with zero attached hydrogens (tertiary/aromatic N) is 3. The fourth-order valence-corrected chi connectivity index (χ4v) is 5.31. The summed E-state index contributed by atoms with van der Waals surface area (Å²) in [5.74, 6) is -1.86. The first-order valence-corrected chi connectivity index (χ1v) is 11.9. The van der Waals surface area contributed by atoms with Gasteiger partial charge < -0.3 is 20.4 Å². The van der Waals surface area contributed by atoms with Gasteiger partial charge in [0.15, 0.2) is 9.84 Å². The van der Waals surface area contributed by atoms with Crippen molar-refractivity contribution >= 4 is 33.1 Å². The van der Waals surface area contributed by atoms with Crippen LogP contribution < -0.4 is 16.0 Å². The Morgan fingerprint density at radius 3 is 2.59 bits per heavy atom. The third kappa shape index (κ3) is 5.10. The Morgan fingerprint density at radius 1 is 1.21 bits per heavy atom. The molecule has 1 unspecified atom stereocenters. The number of aromatic nitrogens is 2. The Labute approximate surface area is 196 Å². The zero-order valence-corrected chi connectivity index (χ0v) is 18.8. The second kappa shape index (κ2) is 9.39. The maximum absolute atomic E-state index is 15.0. The Balaban J connectivity index is 1.76. The van der Waals surface area contributed by atoms with Crippen LogP contribution in [0, 0.1) is 5.82 Å². The molecule has 3 aromatic rings. The predicted octanol–water partition coefficient (Wildman–Crippen LogP) is 3.62. The van der Waals surface area contributed by atoms with Gasteiger partial charge in [0.05, 0.1) is 21.9 Å². The standard InChI is InChI=1S/C20H18ClF4N5O3S/c21-11-3-1-10(2-4-11)7-30-8-12(26)9-34(31,32)16-6-14(22)13(5-15(16)30)19-28-29-20(33-19)27-18(25)17(23)24/h1-6,12,17-18H,7-9,26H2,(H,27,29)/t12-,18?/m1/s1. The van der Waals surface area contributed by atoms with Crippen LogP contribution in [0.3, 0.4) is 0 Å². The number of halogens is 5. The lowest BCUT2D eigenvalue weighted by atomic mass is 10.1. The van der Waals surface area contributed by atoms with E-state index >= 15 is 0 Å². The van der Waals surface area contributed by atoms with Crippen molar-refractivity contribution < 1.29 is 30.4 Å². The Bertz CT molecular complexity index is 1290. The minimum absolute atomic E-state index is 0.133. The zero-order valence-electron chi connectivity index (χ0n) is 17.3. The van der Waals surface area contributed by atoms with Crippen LogP contribution in [0.2, 0.25) is 5.02 Å². The molecular weight excluding hydrogens is 502 g/mol. The summed E-state index contributed by atoms with van der Waals surface area (Å²) in [5.41, 5.74) is 6.68.